The molecule has 3 aliphatic rings. The van der Waals surface area contributed by atoms with Crippen molar-refractivity contribution in [1.29, 1.82) is 0 Å². The molecule has 0 N–H and O–H groups in total. The number of hydrogen-bond acceptors (Lipinski definition) is 8. The van der Waals surface area contributed by atoms with Crippen molar-refractivity contribution < 1.29 is 36.2 Å². The van der Waals surface area contributed by atoms with Crippen LogP contribution < -0.4 is 0 Å². The molecule has 0 bridgehead atoms. The Labute approximate surface area is 350 Å². The van der Waals surface area contributed by atoms with Gasteiger partial charge in [0.2, 0.25) is 0 Å². The van der Waals surface area contributed by atoms with Crippen LogP contribution in [0, 0.1) is 11.8 Å². The quantitative estimate of drug-likeness (QED) is 0.100. The maximum absolute atomic E-state index is 14.1. The van der Waals surface area contributed by atoms with E-state index in [0.717, 1.165) is 37.7 Å². The van der Waals surface area contributed by atoms with Gasteiger partial charge in [0.25, 0.3) is 0 Å². The van der Waals surface area contributed by atoms with Crippen molar-refractivity contribution in [3.8, 4) is 0 Å². The lowest BCUT2D eigenvalue weighted by atomic mass is 9.83. The van der Waals surface area contributed by atoms with Gasteiger partial charge in [-0.15, -0.1) is 0 Å². The molecule has 10 atom stereocenters. The number of benzene rings is 1. The van der Waals surface area contributed by atoms with E-state index in [0.29, 0.717) is 24.3 Å². The molecule has 0 aromatic heterocycles. The Bertz CT molecular complexity index is 1570. The van der Waals surface area contributed by atoms with Gasteiger partial charge in [-0.05, 0) is 97.6 Å². The zero-order valence-electron chi connectivity index (χ0n) is 38.0. The van der Waals surface area contributed by atoms with Crippen molar-refractivity contribution in [2.75, 3.05) is 19.5 Å². The minimum absolute atomic E-state index is 0.00590. The molecule has 1 aromatic carbocycles. The van der Waals surface area contributed by atoms with E-state index < -0.39 is 50.7 Å². The summed E-state index contributed by atoms with van der Waals surface area (Å²) in [6.45, 7) is 36.4. The van der Waals surface area contributed by atoms with Gasteiger partial charge in [0, 0.05) is 25.9 Å². The molecule has 8 nitrogen and oxygen atoms in total. The van der Waals surface area contributed by atoms with Gasteiger partial charge in [-0.3, -0.25) is 0 Å². The lowest BCUT2D eigenvalue weighted by Crippen LogP contribution is -2.49. The molecule has 4 rings (SSSR count). The smallest absolute Gasteiger partial charge is 0.192 e. The van der Waals surface area contributed by atoms with Crippen molar-refractivity contribution in [2.45, 2.75) is 203 Å². The lowest BCUT2D eigenvalue weighted by molar-refractivity contribution is -0.0782. The topological polar surface area (TPSA) is 89.5 Å². The Morgan fingerprint density at radius 3 is 2.09 bits per heavy atom. The Kier molecular flexibility index (Phi) is 16.8. The maximum atomic E-state index is 14.1. The zero-order chi connectivity index (χ0) is 42.6. The highest BCUT2D eigenvalue weighted by Gasteiger charge is 2.50. The standard InChI is InChI=1S/C46H80O8SSi2/c1-16-17-21-35-27-33(3)40(51-35)25-24-36-26-32(2)34(4)41(52-36)29-42-39(31-55(47,48)38-22-19-18-20-23-38)44(49-11)43(53-42)28-37(54-57(14,15)46(8,9)10)30-50-56(12,13)45(5,6)7/h18-20,22-23,32,35-37,39-44H,3-4,16-17,21,24-31H2,1-2,5-15H3/t32-,35?,36+,37+,39+,40?,41?,42+,43-,44-/m1/s1. The van der Waals surface area contributed by atoms with Crippen LogP contribution in [-0.4, -0.2) is 93.4 Å². The van der Waals surface area contributed by atoms with Crippen LogP contribution in [0.5, 0.6) is 0 Å². The van der Waals surface area contributed by atoms with E-state index in [2.05, 4.69) is 94.7 Å². The molecular weight excluding hydrogens is 769 g/mol. The third-order valence-corrected chi connectivity index (χ3v) is 24.8. The summed E-state index contributed by atoms with van der Waals surface area (Å²) < 4.78 is 68.8. The number of methoxy groups -OCH3 is 1. The number of ether oxygens (including phenoxy) is 4. The monoisotopic (exact) mass is 849 g/mol. The summed E-state index contributed by atoms with van der Waals surface area (Å²) in [5.74, 6) is -0.262. The maximum Gasteiger partial charge on any atom is 0.192 e. The average Bonchev–Trinajstić information content (AvgIpc) is 3.63. The average molecular weight is 849 g/mol. The van der Waals surface area contributed by atoms with Gasteiger partial charge in [0.15, 0.2) is 26.5 Å². The summed E-state index contributed by atoms with van der Waals surface area (Å²) in [5.41, 5.74) is 2.24. The van der Waals surface area contributed by atoms with Crippen LogP contribution in [0.25, 0.3) is 0 Å². The summed E-state index contributed by atoms with van der Waals surface area (Å²) in [4.78, 5) is 0.309. The van der Waals surface area contributed by atoms with Gasteiger partial charge < -0.3 is 27.8 Å². The largest absolute Gasteiger partial charge is 0.414 e. The molecule has 3 heterocycles. The Morgan fingerprint density at radius 2 is 1.49 bits per heavy atom. The summed E-state index contributed by atoms with van der Waals surface area (Å²) in [6, 6.07) is 8.74. The second-order valence-corrected chi connectivity index (χ2v) is 32.1. The second-order valence-electron chi connectivity index (χ2n) is 20.5. The first-order chi connectivity index (χ1) is 26.4. The van der Waals surface area contributed by atoms with Crippen molar-refractivity contribution in [2.24, 2.45) is 11.8 Å². The van der Waals surface area contributed by atoms with Crippen LogP contribution in [0.3, 0.4) is 0 Å². The summed E-state index contributed by atoms with van der Waals surface area (Å²) in [5, 5.41) is 0.0377. The van der Waals surface area contributed by atoms with E-state index >= 15 is 0 Å². The van der Waals surface area contributed by atoms with Crippen LogP contribution in [0.2, 0.25) is 36.3 Å². The number of hydrogen-bond donors (Lipinski definition) is 0. The second kappa shape index (κ2) is 19.7. The van der Waals surface area contributed by atoms with Gasteiger partial charge in [-0.1, -0.05) is 99.6 Å². The predicted molar refractivity (Wildman–Crippen MR) is 239 cm³/mol. The van der Waals surface area contributed by atoms with E-state index in [1.807, 2.05) is 6.07 Å². The highest BCUT2D eigenvalue weighted by Crippen LogP contribution is 2.44. The Hall–Kier alpha value is -1.16. The third kappa shape index (κ3) is 12.7. The summed E-state index contributed by atoms with van der Waals surface area (Å²) in [7, 11) is -6.31. The Morgan fingerprint density at radius 1 is 0.860 bits per heavy atom. The van der Waals surface area contributed by atoms with Crippen molar-refractivity contribution in [1.82, 2.24) is 0 Å². The molecule has 11 heteroatoms. The normalized spacial score (nSPS) is 29.9. The first-order valence-corrected chi connectivity index (χ1v) is 29.3. The number of rotatable bonds is 19. The minimum Gasteiger partial charge on any atom is -0.414 e. The van der Waals surface area contributed by atoms with Crippen molar-refractivity contribution in [3.63, 3.8) is 0 Å². The Balaban J connectivity index is 1.59. The van der Waals surface area contributed by atoms with Crippen molar-refractivity contribution >= 4 is 26.5 Å². The molecule has 3 aliphatic heterocycles. The fraction of sp³-hybridized carbons (Fsp3) is 0.783. The van der Waals surface area contributed by atoms with Gasteiger partial charge in [0.1, 0.15) is 0 Å². The molecule has 3 saturated heterocycles. The van der Waals surface area contributed by atoms with E-state index in [1.165, 1.54) is 18.4 Å². The highest BCUT2D eigenvalue weighted by atomic mass is 32.2. The molecule has 0 amide bonds. The molecule has 326 valence electrons. The van der Waals surface area contributed by atoms with Crippen LogP contribution in [0.1, 0.15) is 113 Å². The molecule has 1 aromatic rings. The van der Waals surface area contributed by atoms with E-state index in [-0.39, 0.29) is 52.3 Å². The SMILES string of the molecule is C=C1CC(CCCC)OC1CC[C@H]1C[C@@H](C)C(=C)C(C[C@@H]2O[C@H](C[C@@H](CO[Si](C)(C)C(C)(C)C)O[Si](C)(C)C(C)(C)C)[C@H](OC)[C@H]2CS(=O)(=O)c2ccccc2)O1. The molecule has 3 fully saturated rings. The number of unbranched alkanes of at least 4 members (excludes halogenated alkanes) is 1. The fourth-order valence-electron chi connectivity index (χ4n) is 8.19. The summed E-state index contributed by atoms with van der Waals surface area (Å²) in [6.07, 6.45) is 6.65. The van der Waals surface area contributed by atoms with E-state index in [9.17, 15) is 8.42 Å². The van der Waals surface area contributed by atoms with E-state index in [1.54, 1.807) is 31.4 Å². The van der Waals surface area contributed by atoms with Crippen LogP contribution in [0.4, 0.5) is 0 Å². The molecular formula is C46H80O8SSi2. The molecule has 0 aliphatic carbocycles. The zero-order valence-corrected chi connectivity index (χ0v) is 40.8. The van der Waals surface area contributed by atoms with Gasteiger partial charge in [-0.2, -0.15) is 0 Å². The van der Waals surface area contributed by atoms with Gasteiger partial charge >= 0.3 is 0 Å². The number of sulfone groups is 1. The molecule has 3 unspecified atom stereocenters. The lowest BCUT2D eigenvalue weighted by Gasteiger charge is -2.42. The van der Waals surface area contributed by atoms with Crippen molar-refractivity contribution in [3.05, 3.63) is 54.6 Å². The summed E-state index contributed by atoms with van der Waals surface area (Å²) >= 11 is 0. The molecule has 0 spiro atoms. The fourth-order valence-corrected chi connectivity index (χ4v) is 12.3. The van der Waals surface area contributed by atoms with Gasteiger partial charge in [0.05, 0.1) is 66.1 Å². The van der Waals surface area contributed by atoms with E-state index in [4.69, 9.17) is 27.8 Å². The molecule has 0 saturated carbocycles. The molecule has 0 radical (unpaired) electrons. The van der Waals surface area contributed by atoms with Crippen LogP contribution in [-0.2, 0) is 37.6 Å². The van der Waals surface area contributed by atoms with Crippen LogP contribution >= 0.6 is 0 Å². The van der Waals surface area contributed by atoms with Gasteiger partial charge in [-0.25, -0.2) is 8.42 Å². The first kappa shape index (κ1) is 48.5. The molecule has 57 heavy (non-hydrogen) atoms. The predicted octanol–water partition coefficient (Wildman–Crippen LogP) is 11.1. The first-order valence-electron chi connectivity index (χ1n) is 21.8. The third-order valence-electron chi connectivity index (χ3n) is 14.0. The minimum atomic E-state index is -3.66. The van der Waals surface area contributed by atoms with Crippen LogP contribution in [0.15, 0.2) is 59.5 Å². The highest BCUT2D eigenvalue weighted by molar-refractivity contribution is 7.91.